The van der Waals surface area contributed by atoms with Gasteiger partial charge in [-0.2, -0.15) is 0 Å². The van der Waals surface area contributed by atoms with Gasteiger partial charge in [-0.25, -0.2) is 4.99 Å². The van der Waals surface area contributed by atoms with Gasteiger partial charge in [0.05, 0.1) is 7.11 Å². The highest BCUT2D eigenvalue weighted by Crippen LogP contribution is 2.38. The molecule has 1 fully saturated rings. The minimum absolute atomic E-state index is 0.618. The van der Waals surface area contributed by atoms with Crippen LogP contribution < -0.4 is 0 Å². The Balaban J connectivity index is 2.82. The van der Waals surface area contributed by atoms with Crippen LogP contribution in [0.15, 0.2) is 29.1 Å². The summed E-state index contributed by atoms with van der Waals surface area (Å²) in [6, 6.07) is 0. The zero-order chi connectivity index (χ0) is 8.27. The largest absolute Gasteiger partial charge is 0.481 e. The number of hydrogen-bond acceptors (Lipinski definition) is 2. The number of aliphatic imine (C=N–C) groups is 1. The van der Waals surface area contributed by atoms with Crippen LogP contribution in [-0.4, -0.2) is 13.8 Å². The van der Waals surface area contributed by atoms with E-state index in [1.807, 2.05) is 6.08 Å². The minimum atomic E-state index is 0.618. The van der Waals surface area contributed by atoms with E-state index in [-0.39, 0.29) is 0 Å². The number of nitrogens with zero attached hydrogens (tertiary/aromatic N) is 1. The predicted octanol–water partition coefficient (Wildman–Crippen LogP) is 2.14. The van der Waals surface area contributed by atoms with Crippen molar-refractivity contribution in [3.63, 3.8) is 0 Å². The lowest BCUT2D eigenvalue weighted by Gasteiger charge is -2.03. The summed E-state index contributed by atoms with van der Waals surface area (Å²) in [6.45, 7) is 7.14. The highest BCUT2D eigenvalue weighted by atomic mass is 16.5. The maximum atomic E-state index is 5.03. The fraction of sp³-hybridized carbons (Fsp3) is 0.444. The molecule has 0 aliphatic heterocycles. The molecule has 1 aliphatic rings. The molecule has 0 amide bonds. The van der Waals surface area contributed by atoms with Crippen LogP contribution in [0.4, 0.5) is 0 Å². The smallest absolute Gasteiger partial charge is 0.215 e. The first-order chi connectivity index (χ1) is 5.33. The Labute approximate surface area is 67.3 Å². The average molecular weight is 151 g/mol. The Morgan fingerprint density at radius 3 is 2.55 bits per heavy atom. The van der Waals surface area contributed by atoms with Gasteiger partial charge in [0.15, 0.2) is 0 Å². The zero-order valence-electron chi connectivity index (χ0n) is 6.84. The quantitative estimate of drug-likeness (QED) is 0.342. The molecule has 0 N–H and O–H groups in total. The number of allylic oxidation sites excluding steroid dienone is 2. The van der Waals surface area contributed by atoms with Gasteiger partial charge in [-0.3, -0.25) is 0 Å². The molecule has 0 aromatic carbocycles. The van der Waals surface area contributed by atoms with E-state index in [9.17, 15) is 0 Å². The average Bonchev–Trinajstić information content (AvgIpc) is 2.82. The molecule has 0 aromatic heterocycles. The summed E-state index contributed by atoms with van der Waals surface area (Å²) in [4.78, 5) is 3.78. The summed E-state index contributed by atoms with van der Waals surface area (Å²) in [5, 5.41) is 0. The van der Waals surface area contributed by atoms with Crippen LogP contribution in [0.5, 0.6) is 0 Å². The molecule has 60 valence electrons. The second kappa shape index (κ2) is 3.37. The molecular formula is C9H13NO. The van der Waals surface area contributed by atoms with Gasteiger partial charge in [-0.15, -0.1) is 0 Å². The van der Waals surface area contributed by atoms with E-state index in [0.29, 0.717) is 11.8 Å². The summed E-state index contributed by atoms with van der Waals surface area (Å²) in [6.07, 6.45) is 4.26. The van der Waals surface area contributed by atoms with E-state index in [1.165, 1.54) is 12.8 Å². The Morgan fingerprint density at radius 1 is 1.64 bits per heavy atom. The van der Waals surface area contributed by atoms with Crippen molar-refractivity contribution in [2.24, 2.45) is 10.9 Å². The van der Waals surface area contributed by atoms with Gasteiger partial charge in [-0.05, 0) is 25.5 Å². The Hall–Kier alpha value is -1.05. The fourth-order valence-electron chi connectivity index (χ4n) is 1.10. The number of hydrogen-bond donors (Lipinski definition) is 0. The van der Waals surface area contributed by atoms with E-state index in [0.717, 1.165) is 5.57 Å². The minimum Gasteiger partial charge on any atom is -0.481 e. The molecule has 2 heteroatoms. The Morgan fingerprint density at radius 2 is 2.27 bits per heavy atom. The lowest BCUT2D eigenvalue weighted by Crippen LogP contribution is -1.91. The van der Waals surface area contributed by atoms with Gasteiger partial charge in [0.2, 0.25) is 5.88 Å². The van der Waals surface area contributed by atoms with Gasteiger partial charge >= 0.3 is 0 Å². The summed E-state index contributed by atoms with van der Waals surface area (Å²) < 4.78 is 5.03. The molecule has 0 bridgehead atoms. The first kappa shape index (κ1) is 8.05. The SMILES string of the molecule is C=C/C(=C(\N=C)OC)C1CC1. The molecule has 1 rings (SSSR count). The normalized spacial score (nSPS) is 18.6. The van der Waals surface area contributed by atoms with Crippen LogP contribution in [0, 0.1) is 5.92 Å². The molecule has 0 saturated heterocycles. The zero-order valence-corrected chi connectivity index (χ0v) is 6.84. The molecule has 0 radical (unpaired) electrons. The van der Waals surface area contributed by atoms with Crippen molar-refractivity contribution < 1.29 is 4.74 Å². The van der Waals surface area contributed by atoms with Crippen molar-refractivity contribution in [3.8, 4) is 0 Å². The molecule has 0 heterocycles. The first-order valence-electron chi connectivity index (χ1n) is 3.70. The highest BCUT2D eigenvalue weighted by molar-refractivity contribution is 5.33. The van der Waals surface area contributed by atoms with E-state index in [1.54, 1.807) is 7.11 Å². The number of ether oxygens (including phenoxy) is 1. The fourth-order valence-corrected chi connectivity index (χ4v) is 1.10. The molecular weight excluding hydrogens is 138 g/mol. The van der Waals surface area contributed by atoms with Gasteiger partial charge in [0.25, 0.3) is 0 Å². The van der Waals surface area contributed by atoms with Crippen molar-refractivity contribution in [3.05, 3.63) is 24.1 Å². The number of rotatable bonds is 4. The van der Waals surface area contributed by atoms with E-state index >= 15 is 0 Å². The summed E-state index contributed by atoms with van der Waals surface area (Å²) in [5.41, 5.74) is 1.10. The predicted molar refractivity (Wildman–Crippen MR) is 46.5 cm³/mol. The summed E-state index contributed by atoms with van der Waals surface area (Å²) in [5.74, 6) is 1.25. The van der Waals surface area contributed by atoms with Crippen LogP contribution in [0.1, 0.15) is 12.8 Å². The molecule has 0 spiro atoms. The number of methoxy groups -OCH3 is 1. The standard InChI is InChI=1S/C9H13NO/c1-4-8(7-5-6-7)9(10-2)11-3/h4,7H,1-2,5-6H2,3H3/b9-8-. The first-order valence-corrected chi connectivity index (χ1v) is 3.70. The van der Waals surface area contributed by atoms with Crippen molar-refractivity contribution in [1.82, 2.24) is 0 Å². The van der Waals surface area contributed by atoms with E-state index in [2.05, 4.69) is 18.3 Å². The molecule has 1 aliphatic carbocycles. The van der Waals surface area contributed by atoms with Gasteiger partial charge in [-0.1, -0.05) is 12.7 Å². The Bertz CT molecular complexity index is 202. The Kier molecular flexibility index (Phi) is 2.47. The van der Waals surface area contributed by atoms with Gasteiger partial charge in [0, 0.05) is 5.57 Å². The lowest BCUT2D eigenvalue weighted by molar-refractivity contribution is 0.283. The topological polar surface area (TPSA) is 21.6 Å². The van der Waals surface area contributed by atoms with Crippen LogP contribution in [0.3, 0.4) is 0 Å². The van der Waals surface area contributed by atoms with E-state index < -0.39 is 0 Å². The van der Waals surface area contributed by atoms with Gasteiger partial charge in [0.1, 0.15) is 0 Å². The maximum Gasteiger partial charge on any atom is 0.215 e. The van der Waals surface area contributed by atoms with Crippen molar-refractivity contribution in [1.29, 1.82) is 0 Å². The highest BCUT2D eigenvalue weighted by Gasteiger charge is 2.27. The molecule has 0 atom stereocenters. The maximum absolute atomic E-state index is 5.03. The lowest BCUT2D eigenvalue weighted by atomic mass is 10.2. The molecule has 0 aromatic rings. The summed E-state index contributed by atoms with van der Waals surface area (Å²) in [7, 11) is 1.61. The molecule has 2 nitrogen and oxygen atoms in total. The van der Waals surface area contributed by atoms with Crippen LogP contribution in [-0.2, 0) is 4.74 Å². The summed E-state index contributed by atoms with van der Waals surface area (Å²) >= 11 is 0. The third-order valence-electron chi connectivity index (χ3n) is 1.82. The van der Waals surface area contributed by atoms with Crippen LogP contribution in [0.25, 0.3) is 0 Å². The third-order valence-corrected chi connectivity index (χ3v) is 1.82. The second-order valence-electron chi connectivity index (χ2n) is 2.60. The second-order valence-corrected chi connectivity index (χ2v) is 2.60. The van der Waals surface area contributed by atoms with Gasteiger partial charge < -0.3 is 4.74 Å². The van der Waals surface area contributed by atoms with Crippen LogP contribution >= 0.6 is 0 Å². The third kappa shape index (κ3) is 1.70. The van der Waals surface area contributed by atoms with Crippen molar-refractivity contribution >= 4 is 6.72 Å². The molecule has 0 unspecified atom stereocenters. The van der Waals surface area contributed by atoms with E-state index in [4.69, 9.17) is 4.74 Å². The van der Waals surface area contributed by atoms with Crippen molar-refractivity contribution in [2.75, 3.05) is 7.11 Å². The monoisotopic (exact) mass is 151 g/mol. The molecule has 11 heavy (non-hydrogen) atoms. The van der Waals surface area contributed by atoms with Crippen LogP contribution in [0.2, 0.25) is 0 Å². The van der Waals surface area contributed by atoms with Crippen molar-refractivity contribution in [2.45, 2.75) is 12.8 Å². The molecule has 1 saturated carbocycles.